The molecule has 6 nitrogen and oxygen atoms in total. The minimum atomic E-state index is -3.32. The van der Waals surface area contributed by atoms with E-state index in [1.165, 1.54) is 4.31 Å². The van der Waals surface area contributed by atoms with Crippen molar-refractivity contribution < 1.29 is 17.9 Å². The van der Waals surface area contributed by atoms with E-state index in [0.717, 1.165) is 11.8 Å². The second-order valence-corrected chi connectivity index (χ2v) is 7.44. The lowest BCUT2D eigenvalue weighted by Gasteiger charge is -2.20. The summed E-state index contributed by atoms with van der Waals surface area (Å²) in [4.78, 5) is 12.0. The summed E-state index contributed by atoms with van der Waals surface area (Å²) >= 11 is 0. The quantitative estimate of drug-likeness (QED) is 0.655. The first-order valence-electron chi connectivity index (χ1n) is 7.63. The molecule has 0 aliphatic heterocycles. The molecular weight excluding hydrogens is 316 g/mol. The van der Waals surface area contributed by atoms with Crippen molar-refractivity contribution in [3.05, 3.63) is 35.9 Å². The van der Waals surface area contributed by atoms with Crippen molar-refractivity contribution in [3.8, 4) is 0 Å². The highest BCUT2D eigenvalue weighted by Crippen LogP contribution is 2.11. The fourth-order valence-corrected chi connectivity index (χ4v) is 3.08. The molecule has 23 heavy (non-hydrogen) atoms. The third kappa shape index (κ3) is 7.58. The van der Waals surface area contributed by atoms with Crippen molar-refractivity contribution in [2.24, 2.45) is 0 Å². The maximum Gasteiger partial charge on any atom is 0.221 e. The molecule has 0 fully saturated rings. The first-order valence-corrected chi connectivity index (χ1v) is 9.47. The Morgan fingerprint density at radius 2 is 1.91 bits per heavy atom. The summed E-state index contributed by atoms with van der Waals surface area (Å²) in [6, 6.07) is 9.53. The van der Waals surface area contributed by atoms with Gasteiger partial charge in [-0.1, -0.05) is 30.3 Å². The SMILES string of the molecule is COCCCN(CCC(=O)NC(C)c1ccccc1)S(C)(=O)=O. The van der Waals surface area contributed by atoms with Gasteiger partial charge in [0.1, 0.15) is 0 Å². The molecule has 0 aromatic heterocycles. The minimum absolute atomic E-state index is 0.108. The maximum atomic E-state index is 12.0. The predicted octanol–water partition coefficient (Wildman–Crippen LogP) is 1.55. The summed E-state index contributed by atoms with van der Waals surface area (Å²) < 4.78 is 29.7. The molecule has 1 N–H and O–H groups in total. The van der Waals surface area contributed by atoms with Crippen molar-refractivity contribution in [1.82, 2.24) is 9.62 Å². The number of benzene rings is 1. The molecule has 0 heterocycles. The fourth-order valence-electron chi connectivity index (χ4n) is 2.19. The van der Waals surface area contributed by atoms with Crippen LogP contribution in [-0.4, -0.2) is 51.7 Å². The van der Waals surface area contributed by atoms with Crippen molar-refractivity contribution in [2.75, 3.05) is 33.1 Å². The molecule has 130 valence electrons. The number of hydrogen-bond acceptors (Lipinski definition) is 4. The van der Waals surface area contributed by atoms with Gasteiger partial charge in [-0.25, -0.2) is 12.7 Å². The number of methoxy groups -OCH3 is 1. The standard InChI is InChI=1S/C16H26N2O4S/c1-14(15-8-5-4-6-9-15)17-16(19)10-12-18(23(3,20)21)11-7-13-22-2/h4-6,8-9,14H,7,10-13H2,1-3H3,(H,17,19). The normalized spacial score (nSPS) is 13.0. The van der Waals surface area contributed by atoms with Gasteiger partial charge in [0, 0.05) is 33.2 Å². The summed E-state index contributed by atoms with van der Waals surface area (Å²) in [6.45, 7) is 2.92. The topological polar surface area (TPSA) is 75.7 Å². The second kappa shape index (κ2) is 9.64. The van der Waals surface area contributed by atoms with Crippen LogP contribution in [0.3, 0.4) is 0 Å². The van der Waals surface area contributed by atoms with Crippen LogP contribution in [-0.2, 0) is 19.6 Å². The Morgan fingerprint density at radius 3 is 2.48 bits per heavy atom. The molecule has 0 aliphatic rings. The highest BCUT2D eigenvalue weighted by molar-refractivity contribution is 7.88. The zero-order chi connectivity index (χ0) is 17.3. The molecule has 0 bridgehead atoms. The van der Waals surface area contributed by atoms with Gasteiger partial charge in [-0.15, -0.1) is 0 Å². The molecule has 0 saturated heterocycles. The summed E-state index contributed by atoms with van der Waals surface area (Å²) in [7, 11) is -1.75. The highest BCUT2D eigenvalue weighted by Gasteiger charge is 2.18. The number of hydrogen-bond donors (Lipinski definition) is 1. The fraction of sp³-hybridized carbons (Fsp3) is 0.562. The van der Waals surface area contributed by atoms with E-state index in [4.69, 9.17) is 4.74 Å². The molecule has 1 amide bonds. The molecule has 1 aromatic rings. The van der Waals surface area contributed by atoms with Crippen molar-refractivity contribution in [3.63, 3.8) is 0 Å². The smallest absolute Gasteiger partial charge is 0.221 e. The van der Waals surface area contributed by atoms with Crippen LogP contribution in [0.15, 0.2) is 30.3 Å². The number of rotatable bonds is 10. The third-order valence-electron chi connectivity index (χ3n) is 3.49. The lowest BCUT2D eigenvalue weighted by Crippen LogP contribution is -2.36. The number of nitrogens with zero attached hydrogens (tertiary/aromatic N) is 1. The largest absolute Gasteiger partial charge is 0.385 e. The van der Waals surface area contributed by atoms with Gasteiger partial charge in [-0.3, -0.25) is 4.79 Å². The van der Waals surface area contributed by atoms with Crippen LogP contribution in [0.25, 0.3) is 0 Å². The molecule has 0 spiro atoms. The van der Waals surface area contributed by atoms with Crippen LogP contribution < -0.4 is 5.32 Å². The van der Waals surface area contributed by atoms with Gasteiger partial charge in [0.15, 0.2) is 0 Å². The zero-order valence-corrected chi connectivity index (χ0v) is 14.8. The Morgan fingerprint density at radius 1 is 1.26 bits per heavy atom. The molecule has 1 unspecified atom stereocenters. The molecule has 1 rings (SSSR count). The minimum Gasteiger partial charge on any atom is -0.385 e. The number of nitrogens with one attached hydrogen (secondary N) is 1. The molecule has 1 atom stereocenters. The number of sulfonamides is 1. The van der Waals surface area contributed by atoms with Gasteiger partial charge in [-0.05, 0) is 18.9 Å². The first-order chi connectivity index (χ1) is 10.8. The number of carbonyl (C=O) groups is 1. The lowest BCUT2D eigenvalue weighted by molar-refractivity contribution is -0.121. The molecule has 0 aliphatic carbocycles. The van der Waals surface area contributed by atoms with Gasteiger partial charge < -0.3 is 10.1 Å². The maximum absolute atomic E-state index is 12.0. The Kier molecular flexibility index (Phi) is 8.22. The van der Waals surface area contributed by atoms with Crippen LogP contribution in [0.4, 0.5) is 0 Å². The van der Waals surface area contributed by atoms with Crippen molar-refractivity contribution in [1.29, 1.82) is 0 Å². The number of carbonyl (C=O) groups excluding carboxylic acids is 1. The summed E-state index contributed by atoms with van der Waals surface area (Å²) in [6.07, 6.45) is 1.90. The summed E-state index contributed by atoms with van der Waals surface area (Å²) in [5.74, 6) is -0.165. The van der Waals surface area contributed by atoms with Crippen molar-refractivity contribution in [2.45, 2.75) is 25.8 Å². The van der Waals surface area contributed by atoms with Crippen LogP contribution in [0, 0.1) is 0 Å². The average Bonchev–Trinajstić information content (AvgIpc) is 2.50. The van der Waals surface area contributed by atoms with E-state index >= 15 is 0 Å². The molecule has 1 aromatic carbocycles. The third-order valence-corrected chi connectivity index (χ3v) is 4.79. The highest BCUT2D eigenvalue weighted by atomic mass is 32.2. The van der Waals surface area contributed by atoms with E-state index in [1.807, 2.05) is 37.3 Å². The summed E-state index contributed by atoms with van der Waals surface area (Å²) in [5.41, 5.74) is 1.01. The predicted molar refractivity (Wildman–Crippen MR) is 90.5 cm³/mol. The molecule has 0 saturated carbocycles. The van der Waals surface area contributed by atoms with Crippen molar-refractivity contribution >= 4 is 15.9 Å². The first kappa shape index (κ1) is 19.6. The van der Waals surface area contributed by atoms with Gasteiger partial charge in [0.05, 0.1) is 12.3 Å². The van der Waals surface area contributed by atoms with Gasteiger partial charge in [0.2, 0.25) is 15.9 Å². The number of amides is 1. The zero-order valence-electron chi connectivity index (χ0n) is 14.0. The monoisotopic (exact) mass is 342 g/mol. The van der Waals surface area contributed by atoms with Gasteiger partial charge in [0.25, 0.3) is 0 Å². The van der Waals surface area contributed by atoms with E-state index in [9.17, 15) is 13.2 Å². The Hall–Kier alpha value is -1.44. The lowest BCUT2D eigenvalue weighted by atomic mass is 10.1. The Balaban J connectivity index is 2.48. The Labute approximate surface area is 138 Å². The second-order valence-electron chi connectivity index (χ2n) is 5.46. The summed E-state index contributed by atoms with van der Waals surface area (Å²) in [5, 5.41) is 2.89. The van der Waals surface area contributed by atoms with Crippen LogP contribution in [0.5, 0.6) is 0 Å². The van der Waals surface area contributed by atoms with E-state index in [0.29, 0.717) is 19.6 Å². The van der Waals surface area contributed by atoms with Crippen LogP contribution in [0.2, 0.25) is 0 Å². The molecule has 7 heteroatoms. The average molecular weight is 342 g/mol. The molecule has 0 radical (unpaired) electrons. The Bertz CT molecular complexity index is 575. The van der Waals surface area contributed by atoms with E-state index < -0.39 is 10.0 Å². The number of ether oxygens (including phenoxy) is 1. The molecular formula is C16H26N2O4S. The van der Waals surface area contributed by atoms with Gasteiger partial charge in [-0.2, -0.15) is 0 Å². The van der Waals surface area contributed by atoms with E-state index in [1.54, 1.807) is 7.11 Å². The van der Waals surface area contributed by atoms with Crippen LogP contribution in [0.1, 0.15) is 31.4 Å². The van der Waals surface area contributed by atoms with E-state index in [-0.39, 0.29) is 24.9 Å². The van der Waals surface area contributed by atoms with Crippen LogP contribution >= 0.6 is 0 Å². The van der Waals surface area contributed by atoms with E-state index in [2.05, 4.69) is 5.32 Å². The van der Waals surface area contributed by atoms with Gasteiger partial charge >= 0.3 is 0 Å².